The van der Waals surface area contributed by atoms with Gasteiger partial charge in [0.25, 0.3) is 0 Å². The molecule has 0 radical (unpaired) electrons. The molecule has 21 heavy (non-hydrogen) atoms. The number of ether oxygens (including phenoxy) is 1. The Hall–Kier alpha value is -0.660. The summed E-state index contributed by atoms with van der Waals surface area (Å²) in [5, 5.41) is -0.942. The number of hydrogen-bond donors (Lipinski definition) is 0. The molecule has 2 aliphatic heterocycles. The molecule has 0 aromatic heterocycles. The molecule has 0 spiro atoms. The van der Waals surface area contributed by atoms with Gasteiger partial charge in [0.15, 0.2) is 9.84 Å². The van der Waals surface area contributed by atoms with Crippen molar-refractivity contribution in [3.05, 3.63) is 0 Å². The minimum atomic E-state index is -3.32. The number of sulfone groups is 1. The number of carbonyl (C=O) groups is 1. The Kier molecular flexibility index (Phi) is 5.62. The molecule has 2 rings (SSSR count). The molecule has 7 heteroatoms. The number of hydrogen-bond acceptors (Lipinski definition) is 5. The third kappa shape index (κ3) is 4.66. The van der Waals surface area contributed by atoms with Gasteiger partial charge in [0, 0.05) is 39.0 Å². The zero-order valence-electron chi connectivity index (χ0n) is 13.0. The molecule has 2 atom stereocenters. The van der Waals surface area contributed by atoms with Gasteiger partial charge in [0.2, 0.25) is 5.91 Å². The molecule has 0 aromatic carbocycles. The standard InChI is InChI=1S/C14H26N2O4S/c1-12(21(2,18)19)14(17)16-7-4-6-15(8-9-16)11-13-5-3-10-20-13/h12-13H,3-11H2,1-2H3/t12-,13+/m1/s1. The lowest BCUT2D eigenvalue weighted by Gasteiger charge is -2.25. The van der Waals surface area contributed by atoms with Crippen LogP contribution < -0.4 is 0 Å². The minimum Gasteiger partial charge on any atom is -0.377 e. The van der Waals surface area contributed by atoms with Gasteiger partial charge >= 0.3 is 0 Å². The molecule has 0 aliphatic carbocycles. The summed E-state index contributed by atoms with van der Waals surface area (Å²) < 4.78 is 28.7. The lowest BCUT2D eigenvalue weighted by atomic mass is 10.2. The second-order valence-corrected chi connectivity index (χ2v) is 8.45. The molecule has 122 valence electrons. The molecular formula is C14H26N2O4S. The first-order valence-electron chi connectivity index (χ1n) is 7.69. The summed E-state index contributed by atoms with van der Waals surface area (Å²) in [5.41, 5.74) is 0. The van der Waals surface area contributed by atoms with Crippen molar-refractivity contribution in [3.8, 4) is 0 Å². The van der Waals surface area contributed by atoms with Gasteiger partial charge in [-0.05, 0) is 32.7 Å². The van der Waals surface area contributed by atoms with Gasteiger partial charge < -0.3 is 9.64 Å². The first-order valence-corrected chi connectivity index (χ1v) is 9.65. The minimum absolute atomic E-state index is 0.267. The highest BCUT2D eigenvalue weighted by atomic mass is 32.2. The maximum Gasteiger partial charge on any atom is 0.240 e. The van der Waals surface area contributed by atoms with E-state index in [4.69, 9.17) is 4.74 Å². The normalized spacial score (nSPS) is 26.6. The van der Waals surface area contributed by atoms with Gasteiger partial charge in [-0.1, -0.05) is 0 Å². The summed E-state index contributed by atoms with van der Waals surface area (Å²) in [5.74, 6) is -0.267. The van der Waals surface area contributed by atoms with Crippen molar-refractivity contribution >= 4 is 15.7 Å². The SMILES string of the molecule is C[C@H](C(=O)N1CCCN(C[C@@H]2CCCO2)CC1)S(C)(=O)=O. The van der Waals surface area contributed by atoms with Crippen molar-refractivity contribution in [2.24, 2.45) is 0 Å². The Bertz CT molecular complexity index is 460. The van der Waals surface area contributed by atoms with E-state index < -0.39 is 15.1 Å². The summed E-state index contributed by atoms with van der Waals surface area (Å²) in [7, 11) is -3.32. The molecule has 6 nitrogen and oxygen atoms in total. The van der Waals surface area contributed by atoms with E-state index in [0.717, 1.165) is 51.8 Å². The Morgan fingerprint density at radius 2 is 2.00 bits per heavy atom. The van der Waals surface area contributed by atoms with Crippen molar-refractivity contribution in [2.75, 3.05) is 45.6 Å². The molecule has 0 unspecified atom stereocenters. The van der Waals surface area contributed by atoms with E-state index in [1.807, 2.05) is 0 Å². The van der Waals surface area contributed by atoms with Crippen LogP contribution in [0.5, 0.6) is 0 Å². The number of amides is 1. The maximum absolute atomic E-state index is 12.3. The van der Waals surface area contributed by atoms with Crippen LogP contribution in [0, 0.1) is 0 Å². The highest BCUT2D eigenvalue weighted by Gasteiger charge is 2.30. The highest BCUT2D eigenvalue weighted by molar-refractivity contribution is 7.92. The van der Waals surface area contributed by atoms with Crippen LogP contribution in [0.15, 0.2) is 0 Å². The Morgan fingerprint density at radius 3 is 2.62 bits per heavy atom. The second-order valence-electron chi connectivity index (χ2n) is 6.09. The first kappa shape index (κ1) is 16.7. The predicted octanol–water partition coefficient (Wildman–Crippen LogP) is 0.133. The van der Waals surface area contributed by atoms with Crippen LogP contribution >= 0.6 is 0 Å². The second kappa shape index (κ2) is 7.07. The van der Waals surface area contributed by atoms with Crippen LogP contribution in [-0.2, 0) is 19.4 Å². The van der Waals surface area contributed by atoms with E-state index in [1.54, 1.807) is 4.90 Å². The Labute approximate surface area is 127 Å². The molecular weight excluding hydrogens is 292 g/mol. The topological polar surface area (TPSA) is 66.9 Å². The average molecular weight is 318 g/mol. The number of nitrogens with zero attached hydrogens (tertiary/aromatic N) is 2. The fourth-order valence-corrected chi connectivity index (χ4v) is 3.41. The molecule has 2 fully saturated rings. The average Bonchev–Trinajstić information content (AvgIpc) is 2.81. The van der Waals surface area contributed by atoms with Crippen LogP contribution in [0.3, 0.4) is 0 Å². The molecule has 2 saturated heterocycles. The zero-order valence-corrected chi connectivity index (χ0v) is 13.8. The monoisotopic (exact) mass is 318 g/mol. The van der Waals surface area contributed by atoms with Crippen LogP contribution in [0.2, 0.25) is 0 Å². The van der Waals surface area contributed by atoms with Crippen LogP contribution in [0.1, 0.15) is 26.2 Å². The maximum atomic E-state index is 12.3. The Morgan fingerprint density at radius 1 is 1.24 bits per heavy atom. The highest BCUT2D eigenvalue weighted by Crippen LogP contribution is 2.15. The van der Waals surface area contributed by atoms with Crippen molar-refractivity contribution in [3.63, 3.8) is 0 Å². The van der Waals surface area contributed by atoms with Gasteiger partial charge in [0.05, 0.1) is 6.10 Å². The molecule has 2 heterocycles. The van der Waals surface area contributed by atoms with E-state index in [1.165, 1.54) is 6.92 Å². The van der Waals surface area contributed by atoms with Gasteiger partial charge in [-0.15, -0.1) is 0 Å². The summed E-state index contributed by atoms with van der Waals surface area (Å²) in [6, 6.07) is 0. The molecule has 0 aromatic rings. The van der Waals surface area contributed by atoms with E-state index in [2.05, 4.69) is 4.90 Å². The van der Waals surface area contributed by atoms with Crippen molar-refractivity contribution < 1.29 is 17.9 Å². The lowest BCUT2D eigenvalue weighted by molar-refractivity contribution is -0.130. The fourth-order valence-electron chi connectivity index (χ4n) is 2.89. The van der Waals surface area contributed by atoms with Crippen LogP contribution in [-0.4, -0.2) is 81.1 Å². The van der Waals surface area contributed by atoms with E-state index in [9.17, 15) is 13.2 Å². The lowest BCUT2D eigenvalue weighted by Crippen LogP contribution is -2.43. The van der Waals surface area contributed by atoms with Gasteiger partial charge in [-0.2, -0.15) is 0 Å². The van der Waals surface area contributed by atoms with Crippen molar-refractivity contribution in [2.45, 2.75) is 37.5 Å². The van der Waals surface area contributed by atoms with Crippen LogP contribution in [0.4, 0.5) is 0 Å². The largest absolute Gasteiger partial charge is 0.377 e. The smallest absolute Gasteiger partial charge is 0.240 e. The van der Waals surface area contributed by atoms with E-state index in [0.29, 0.717) is 19.2 Å². The zero-order chi connectivity index (χ0) is 15.5. The summed E-state index contributed by atoms with van der Waals surface area (Å²) in [6.07, 6.45) is 4.58. The summed E-state index contributed by atoms with van der Waals surface area (Å²) >= 11 is 0. The number of carbonyl (C=O) groups excluding carboxylic acids is 1. The molecule has 2 aliphatic rings. The quantitative estimate of drug-likeness (QED) is 0.737. The first-order chi connectivity index (χ1) is 9.88. The van der Waals surface area contributed by atoms with E-state index >= 15 is 0 Å². The van der Waals surface area contributed by atoms with Crippen molar-refractivity contribution in [1.82, 2.24) is 9.80 Å². The van der Waals surface area contributed by atoms with Gasteiger partial charge in [-0.25, -0.2) is 8.42 Å². The number of rotatable bonds is 4. The van der Waals surface area contributed by atoms with Gasteiger partial charge in [-0.3, -0.25) is 9.69 Å². The van der Waals surface area contributed by atoms with Gasteiger partial charge in [0.1, 0.15) is 5.25 Å². The summed E-state index contributed by atoms with van der Waals surface area (Å²) in [4.78, 5) is 16.3. The molecule has 0 saturated carbocycles. The molecule has 1 amide bonds. The molecule has 0 bridgehead atoms. The third-order valence-electron chi connectivity index (χ3n) is 4.38. The summed E-state index contributed by atoms with van der Waals surface area (Å²) in [6.45, 7) is 6.23. The third-order valence-corrected chi connectivity index (χ3v) is 5.86. The van der Waals surface area contributed by atoms with Crippen LogP contribution in [0.25, 0.3) is 0 Å². The van der Waals surface area contributed by atoms with E-state index in [-0.39, 0.29) is 5.91 Å². The fraction of sp³-hybridized carbons (Fsp3) is 0.929. The predicted molar refractivity (Wildman–Crippen MR) is 80.9 cm³/mol. The van der Waals surface area contributed by atoms with Crippen molar-refractivity contribution in [1.29, 1.82) is 0 Å². The Balaban J connectivity index is 1.86. The molecule has 0 N–H and O–H groups in total.